The zero-order valence-electron chi connectivity index (χ0n) is 4.53. The lowest BCUT2D eigenvalue weighted by Crippen LogP contribution is -1.98. The van der Waals surface area contributed by atoms with Crippen LogP contribution in [0.15, 0.2) is 0 Å². The lowest BCUT2D eigenvalue weighted by atomic mass is 10.6. The zero-order chi connectivity index (χ0) is 5.15. The highest BCUT2D eigenvalue weighted by molar-refractivity contribution is 9.24. The second-order valence-corrected chi connectivity index (χ2v) is 8.94. The molecule has 0 aliphatic carbocycles. The Morgan fingerprint density at radius 2 is 1.67 bits per heavy atom. The largest absolute Gasteiger partial charge is 0.365 e. The van der Waals surface area contributed by atoms with Crippen LogP contribution in [0.5, 0.6) is 0 Å². The third-order valence-electron chi connectivity index (χ3n) is 0.919. The fourth-order valence-corrected chi connectivity index (χ4v) is 0. The fraction of sp³-hybridized carbons (Fsp3) is 1.00. The molecule has 0 unspecified atom stereocenters. The minimum Gasteiger partial charge on any atom is -0.217 e. The van der Waals surface area contributed by atoms with E-state index in [0.29, 0.717) is 0 Å². The van der Waals surface area contributed by atoms with Crippen LogP contribution in [0, 0.1) is 0 Å². The predicted molar refractivity (Wildman–Crippen MR) is 35.6 cm³/mol. The van der Waals surface area contributed by atoms with E-state index in [0.717, 1.165) is 4.78 Å². The van der Waals surface area contributed by atoms with Gasteiger partial charge in [0.05, 0.1) is 0 Å². The molecular weight excluding hydrogens is 155 g/mol. The van der Waals surface area contributed by atoms with Crippen LogP contribution in [0.4, 0.5) is 0 Å². The van der Waals surface area contributed by atoms with E-state index in [2.05, 4.69) is 33.7 Å². The molecule has 0 spiro atoms. The van der Waals surface area contributed by atoms with Crippen LogP contribution in [-0.4, -0.2) is 12.3 Å². The van der Waals surface area contributed by atoms with Crippen LogP contribution in [0.2, 0.25) is 10.6 Å². The van der Waals surface area contributed by atoms with Crippen molar-refractivity contribution in [2.24, 2.45) is 0 Å². The molecule has 0 aliphatic heterocycles. The second kappa shape index (κ2) is 3.07. The average Bonchev–Trinajstić information content (AvgIpc) is 1.36. The van der Waals surface area contributed by atoms with Crippen LogP contribution in [0.25, 0.3) is 0 Å². The van der Waals surface area contributed by atoms with E-state index >= 15 is 0 Å². The minimum absolute atomic E-state index is 0.431. The Kier molecular flexibility index (Phi) is 3.59. The van der Waals surface area contributed by atoms with Crippen molar-refractivity contribution in [3.05, 3.63) is 0 Å². The molecule has 0 N–H and O–H groups in total. The van der Waals surface area contributed by atoms with Gasteiger partial charge in [0.1, 0.15) is 0 Å². The zero-order valence-corrected chi connectivity index (χ0v) is 7.27. The molecule has 0 bridgehead atoms. The van der Waals surface area contributed by atoms with Crippen molar-refractivity contribution in [2.45, 2.75) is 24.4 Å². The van der Waals surface area contributed by atoms with E-state index in [9.17, 15) is 0 Å². The van der Waals surface area contributed by atoms with Crippen molar-refractivity contribution in [3.8, 4) is 0 Å². The molecule has 36 valence electrons. The third kappa shape index (κ3) is 3.21. The van der Waals surface area contributed by atoms with Gasteiger partial charge in [-0.15, -0.1) is 0 Å². The first-order valence-electron chi connectivity index (χ1n) is 2.28. The van der Waals surface area contributed by atoms with Gasteiger partial charge in [-0.1, -0.05) is 24.4 Å². The summed E-state index contributed by atoms with van der Waals surface area (Å²) in [5.74, 6) is 2.30. The van der Waals surface area contributed by atoms with E-state index in [1.54, 1.807) is 0 Å². The van der Waals surface area contributed by atoms with Gasteiger partial charge in [-0.25, -0.2) is 14.1 Å². The number of halogens is 1. The molecule has 0 fully saturated rings. The molecule has 6 heavy (non-hydrogen) atoms. The number of hydrogen-bond donors (Lipinski definition) is 0. The van der Waals surface area contributed by atoms with E-state index in [4.69, 9.17) is 0 Å². The highest BCUT2D eigenvalue weighted by Gasteiger charge is 2.08. The molecule has 0 heterocycles. The van der Waals surface area contributed by atoms with E-state index < -0.39 is 12.3 Å². The third-order valence-corrected chi connectivity index (χ3v) is 5.93. The maximum Gasteiger partial charge on any atom is 0.365 e. The first kappa shape index (κ1) is 7.01. The maximum absolute atomic E-state index is 3.58. The monoisotopic (exact) mass is 164 g/mol. The van der Waals surface area contributed by atoms with Gasteiger partial charge >= 0.3 is 12.3 Å². The Hall–Kier alpha value is 1.01. The summed E-state index contributed by atoms with van der Waals surface area (Å²) in [7, 11) is 0. The van der Waals surface area contributed by atoms with Gasteiger partial charge in [0.15, 0.2) is 0 Å². The van der Waals surface area contributed by atoms with Crippen LogP contribution in [0.1, 0.15) is 13.8 Å². The van der Waals surface area contributed by atoms with Gasteiger partial charge in [-0.3, -0.25) is 0 Å². The van der Waals surface area contributed by atoms with Crippen molar-refractivity contribution in [1.82, 2.24) is 0 Å². The van der Waals surface area contributed by atoms with Crippen molar-refractivity contribution in [1.29, 1.82) is 0 Å². The Morgan fingerprint density at radius 3 is 1.67 bits per heavy atom. The number of hydrogen-bond acceptors (Lipinski definition) is 0. The topological polar surface area (TPSA) is 0 Å². The van der Waals surface area contributed by atoms with Crippen LogP contribution < -0.4 is 0 Å². The Morgan fingerprint density at radius 1 is 1.50 bits per heavy atom. The molecule has 0 aromatic rings. The first-order chi connectivity index (χ1) is 2.64. The molecule has 0 aliphatic rings. The Labute approximate surface area is 51.0 Å². The SMILES string of the molecule is C[CH](C)[Al]([CH3])[Br]. The molecular formula is C4H10AlBr. The summed E-state index contributed by atoms with van der Waals surface area (Å²) in [6.07, 6.45) is 0. The molecule has 0 amide bonds. The molecule has 0 radical (unpaired) electrons. The van der Waals surface area contributed by atoms with Gasteiger partial charge < -0.3 is 0 Å². The lowest BCUT2D eigenvalue weighted by Gasteiger charge is -1.96. The van der Waals surface area contributed by atoms with Gasteiger partial charge in [0.2, 0.25) is 0 Å². The summed E-state index contributed by atoms with van der Waals surface area (Å²) in [6.45, 7) is 4.51. The summed E-state index contributed by atoms with van der Waals surface area (Å²) in [5, 5.41) is 0. The van der Waals surface area contributed by atoms with Gasteiger partial charge in [-0.05, 0) is 0 Å². The lowest BCUT2D eigenvalue weighted by molar-refractivity contribution is 1.06. The second-order valence-electron chi connectivity index (χ2n) is 1.92. The Bertz CT molecular complexity index is 28.5. The smallest absolute Gasteiger partial charge is 0.217 e. The van der Waals surface area contributed by atoms with Crippen molar-refractivity contribution >= 4 is 26.4 Å². The summed E-state index contributed by atoms with van der Waals surface area (Å²) in [5.41, 5.74) is 0. The van der Waals surface area contributed by atoms with Gasteiger partial charge in [0, 0.05) is 0 Å². The van der Waals surface area contributed by atoms with Crippen LogP contribution in [-0.2, 0) is 0 Å². The van der Waals surface area contributed by atoms with Crippen LogP contribution in [0.3, 0.4) is 0 Å². The van der Waals surface area contributed by atoms with E-state index in [1.807, 2.05) is 0 Å². The average molecular weight is 165 g/mol. The molecule has 0 aromatic heterocycles. The fourth-order valence-electron chi connectivity index (χ4n) is 0. The minimum atomic E-state index is -0.431. The molecule has 0 atom stereocenters. The van der Waals surface area contributed by atoms with E-state index in [1.165, 1.54) is 0 Å². The van der Waals surface area contributed by atoms with Crippen molar-refractivity contribution in [2.75, 3.05) is 0 Å². The van der Waals surface area contributed by atoms with Crippen molar-refractivity contribution in [3.63, 3.8) is 0 Å². The standard InChI is InChI=1S/C3H7.CH3.Al.BrH/c1-3-2;;;/h3H,1-2H3;1H3;;1H/q;;+1;/p-1. The summed E-state index contributed by atoms with van der Waals surface area (Å²) >= 11 is 3.15. The normalized spacial score (nSPS) is 9.50. The molecule has 0 saturated heterocycles. The summed E-state index contributed by atoms with van der Waals surface area (Å²) < 4.78 is 0.907. The highest BCUT2D eigenvalue weighted by Crippen LogP contribution is 2.10. The predicted octanol–water partition coefficient (Wildman–Crippen LogP) is 2.41. The Balaban J connectivity index is 2.99. The number of rotatable bonds is 1. The molecule has 0 saturated carbocycles. The molecule has 0 aromatic carbocycles. The molecule has 0 nitrogen and oxygen atoms in total. The van der Waals surface area contributed by atoms with Gasteiger partial charge in [0.25, 0.3) is 0 Å². The maximum atomic E-state index is 3.58. The van der Waals surface area contributed by atoms with Crippen molar-refractivity contribution < 1.29 is 0 Å². The summed E-state index contributed by atoms with van der Waals surface area (Å²) in [6, 6.07) is 0. The van der Waals surface area contributed by atoms with Crippen LogP contribution >= 0.6 is 14.1 Å². The first-order valence-corrected chi connectivity index (χ1v) is 7.29. The van der Waals surface area contributed by atoms with Gasteiger partial charge in [-0.2, -0.15) is 0 Å². The quantitative estimate of drug-likeness (QED) is 0.523. The van der Waals surface area contributed by atoms with E-state index in [-0.39, 0.29) is 0 Å². The molecule has 0 rings (SSSR count). The summed E-state index contributed by atoms with van der Waals surface area (Å²) in [4.78, 5) is 0. The molecule has 2 heteroatoms. The highest BCUT2D eigenvalue weighted by atomic mass is 79.9.